The summed E-state index contributed by atoms with van der Waals surface area (Å²) >= 11 is 6.13. The van der Waals surface area contributed by atoms with E-state index in [9.17, 15) is 0 Å². The number of nitrogen functional groups attached to an aromatic ring is 1. The lowest BCUT2D eigenvalue weighted by atomic mass is 10.1. The van der Waals surface area contributed by atoms with E-state index in [2.05, 4.69) is 10.1 Å². The van der Waals surface area contributed by atoms with E-state index in [1.807, 2.05) is 0 Å². The average Bonchev–Trinajstić information content (AvgIpc) is 2.99. The van der Waals surface area contributed by atoms with Crippen molar-refractivity contribution < 1.29 is 4.52 Å². The highest BCUT2D eigenvalue weighted by atomic mass is 35.5. The molecule has 5 heteroatoms. The summed E-state index contributed by atoms with van der Waals surface area (Å²) in [6, 6.07) is 5.35. The van der Waals surface area contributed by atoms with Gasteiger partial charge in [-0.2, -0.15) is 4.98 Å². The van der Waals surface area contributed by atoms with E-state index in [1.165, 1.54) is 12.8 Å². The molecule has 0 atom stereocenters. The molecule has 1 aliphatic carbocycles. The molecule has 2 N–H and O–H groups in total. The Labute approximate surface area is 110 Å². The first-order chi connectivity index (χ1) is 8.75. The van der Waals surface area contributed by atoms with Crippen molar-refractivity contribution in [2.45, 2.75) is 31.6 Å². The molecule has 0 spiro atoms. The van der Waals surface area contributed by atoms with Crippen molar-refractivity contribution in [1.29, 1.82) is 0 Å². The monoisotopic (exact) mass is 263 g/mol. The number of nitrogens with zero attached hydrogens (tertiary/aromatic N) is 2. The van der Waals surface area contributed by atoms with Crippen LogP contribution in [0.3, 0.4) is 0 Å². The Morgan fingerprint density at radius 2 is 2.06 bits per heavy atom. The minimum Gasteiger partial charge on any atom is -0.398 e. The second-order valence-electron chi connectivity index (χ2n) is 4.64. The molecule has 1 fully saturated rings. The molecule has 2 aromatic rings. The molecule has 0 aliphatic heterocycles. The van der Waals surface area contributed by atoms with Crippen LogP contribution in [0.25, 0.3) is 11.5 Å². The molecule has 4 nitrogen and oxygen atoms in total. The predicted octanol–water partition coefficient (Wildman–Crippen LogP) is 3.63. The van der Waals surface area contributed by atoms with Gasteiger partial charge in [-0.3, -0.25) is 0 Å². The molecule has 3 rings (SSSR count). The SMILES string of the molecule is Nc1cccc(Cl)c1-c1nc(C2CCCC2)no1. The van der Waals surface area contributed by atoms with Crippen LogP contribution in [-0.4, -0.2) is 10.1 Å². The summed E-state index contributed by atoms with van der Waals surface area (Å²) in [6.07, 6.45) is 4.75. The summed E-state index contributed by atoms with van der Waals surface area (Å²) in [6.45, 7) is 0. The molecular weight excluding hydrogens is 250 g/mol. The van der Waals surface area contributed by atoms with Gasteiger partial charge in [-0.25, -0.2) is 0 Å². The minimum atomic E-state index is 0.417. The number of anilines is 1. The van der Waals surface area contributed by atoms with E-state index in [0.29, 0.717) is 28.1 Å². The van der Waals surface area contributed by atoms with Gasteiger partial charge < -0.3 is 10.3 Å². The predicted molar refractivity (Wildman–Crippen MR) is 70.4 cm³/mol. The molecule has 1 aliphatic rings. The maximum absolute atomic E-state index is 6.13. The smallest absolute Gasteiger partial charge is 0.261 e. The number of halogens is 1. The van der Waals surface area contributed by atoms with Gasteiger partial charge in [0.2, 0.25) is 0 Å². The van der Waals surface area contributed by atoms with Gasteiger partial charge in [0.15, 0.2) is 5.82 Å². The quantitative estimate of drug-likeness (QED) is 0.841. The van der Waals surface area contributed by atoms with Gasteiger partial charge in [-0.1, -0.05) is 35.7 Å². The Balaban J connectivity index is 1.97. The molecule has 94 valence electrons. The van der Waals surface area contributed by atoms with Gasteiger partial charge in [0, 0.05) is 11.6 Å². The second kappa shape index (κ2) is 4.61. The van der Waals surface area contributed by atoms with E-state index in [-0.39, 0.29) is 0 Å². The van der Waals surface area contributed by atoms with Crippen LogP contribution < -0.4 is 5.73 Å². The molecule has 0 amide bonds. The third kappa shape index (κ3) is 1.97. The Morgan fingerprint density at radius 3 is 2.78 bits per heavy atom. The van der Waals surface area contributed by atoms with Crippen molar-refractivity contribution in [3.05, 3.63) is 29.0 Å². The Hall–Kier alpha value is -1.55. The van der Waals surface area contributed by atoms with Crippen LogP contribution in [-0.2, 0) is 0 Å². The van der Waals surface area contributed by atoms with Gasteiger partial charge in [0.25, 0.3) is 5.89 Å². The lowest BCUT2D eigenvalue weighted by Crippen LogP contribution is -1.95. The van der Waals surface area contributed by atoms with Crippen molar-refractivity contribution in [2.75, 3.05) is 5.73 Å². The van der Waals surface area contributed by atoms with Crippen LogP contribution in [0.15, 0.2) is 22.7 Å². The summed E-state index contributed by atoms with van der Waals surface area (Å²) in [5.74, 6) is 1.62. The fraction of sp³-hybridized carbons (Fsp3) is 0.385. The van der Waals surface area contributed by atoms with Crippen LogP contribution in [0.2, 0.25) is 5.02 Å². The molecule has 0 radical (unpaired) electrons. The van der Waals surface area contributed by atoms with E-state index in [0.717, 1.165) is 18.7 Å². The number of nitrogens with two attached hydrogens (primary N) is 1. The van der Waals surface area contributed by atoms with Crippen LogP contribution >= 0.6 is 11.6 Å². The standard InChI is InChI=1S/C13H14ClN3O/c14-9-6-3-7-10(15)11(9)13-16-12(17-18-13)8-4-1-2-5-8/h3,6-8H,1-2,4-5,15H2. The molecule has 1 aromatic heterocycles. The summed E-state index contributed by atoms with van der Waals surface area (Å²) in [5.41, 5.74) is 7.10. The maximum Gasteiger partial charge on any atom is 0.261 e. The number of aromatic nitrogens is 2. The molecule has 1 heterocycles. The molecule has 0 bridgehead atoms. The number of hydrogen-bond donors (Lipinski definition) is 1. The Bertz CT molecular complexity index is 541. The summed E-state index contributed by atoms with van der Waals surface area (Å²) in [4.78, 5) is 4.44. The van der Waals surface area contributed by atoms with Crippen molar-refractivity contribution in [2.24, 2.45) is 0 Å². The van der Waals surface area contributed by atoms with Crippen molar-refractivity contribution in [3.63, 3.8) is 0 Å². The van der Waals surface area contributed by atoms with E-state index in [4.69, 9.17) is 21.9 Å². The average molecular weight is 264 g/mol. The van der Waals surface area contributed by atoms with Gasteiger partial charge in [-0.05, 0) is 25.0 Å². The van der Waals surface area contributed by atoms with Crippen LogP contribution in [0.5, 0.6) is 0 Å². The van der Waals surface area contributed by atoms with Crippen molar-refractivity contribution in [3.8, 4) is 11.5 Å². The minimum absolute atomic E-state index is 0.417. The van der Waals surface area contributed by atoms with E-state index in [1.54, 1.807) is 18.2 Å². The normalized spacial score (nSPS) is 16.3. The van der Waals surface area contributed by atoms with Crippen LogP contribution in [0.1, 0.15) is 37.4 Å². The van der Waals surface area contributed by atoms with E-state index >= 15 is 0 Å². The summed E-state index contributed by atoms with van der Waals surface area (Å²) in [5, 5.41) is 4.60. The maximum atomic E-state index is 6.13. The lowest BCUT2D eigenvalue weighted by molar-refractivity contribution is 0.416. The summed E-state index contributed by atoms with van der Waals surface area (Å²) in [7, 11) is 0. The lowest BCUT2D eigenvalue weighted by Gasteiger charge is -2.02. The highest BCUT2D eigenvalue weighted by Crippen LogP contribution is 2.36. The molecule has 0 saturated heterocycles. The van der Waals surface area contributed by atoms with Gasteiger partial charge in [0.05, 0.1) is 10.6 Å². The van der Waals surface area contributed by atoms with Crippen molar-refractivity contribution >= 4 is 17.3 Å². The third-order valence-electron chi connectivity index (χ3n) is 3.42. The third-order valence-corrected chi connectivity index (χ3v) is 3.74. The van der Waals surface area contributed by atoms with Crippen LogP contribution in [0, 0.1) is 0 Å². The van der Waals surface area contributed by atoms with Gasteiger partial charge in [-0.15, -0.1) is 0 Å². The Morgan fingerprint density at radius 1 is 1.28 bits per heavy atom. The van der Waals surface area contributed by atoms with Crippen molar-refractivity contribution in [1.82, 2.24) is 10.1 Å². The molecule has 18 heavy (non-hydrogen) atoms. The Kier molecular flexibility index (Phi) is 2.96. The molecule has 0 unspecified atom stereocenters. The van der Waals surface area contributed by atoms with Crippen LogP contribution in [0.4, 0.5) is 5.69 Å². The fourth-order valence-corrected chi connectivity index (χ4v) is 2.72. The zero-order valence-corrected chi connectivity index (χ0v) is 10.7. The van der Waals surface area contributed by atoms with E-state index < -0.39 is 0 Å². The fourth-order valence-electron chi connectivity index (χ4n) is 2.45. The van der Waals surface area contributed by atoms with Gasteiger partial charge in [0.1, 0.15) is 0 Å². The number of benzene rings is 1. The van der Waals surface area contributed by atoms with Gasteiger partial charge >= 0.3 is 0 Å². The number of rotatable bonds is 2. The molecule has 1 aromatic carbocycles. The molecule has 1 saturated carbocycles. The first-order valence-electron chi connectivity index (χ1n) is 6.13. The highest BCUT2D eigenvalue weighted by molar-refractivity contribution is 6.33. The largest absolute Gasteiger partial charge is 0.398 e. The first kappa shape index (κ1) is 11.5. The summed E-state index contributed by atoms with van der Waals surface area (Å²) < 4.78 is 5.30. The zero-order valence-electron chi connectivity index (χ0n) is 9.90. The second-order valence-corrected chi connectivity index (χ2v) is 5.05. The first-order valence-corrected chi connectivity index (χ1v) is 6.51. The number of hydrogen-bond acceptors (Lipinski definition) is 4. The topological polar surface area (TPSA) is 64.9 Å². The molecular formula is C13H14ClN3O. The highest BCUT2D eigenvalue weighted by Gasteiger charge is 2.23. The zero-order chi connectivity index (χ0) is 12.5.